The molecule has 0 bridgehead atoms. The van der Waals surface area contributed by atoms with E-state index in [0.29, 0.717) is 22.2 Å². The summed E-state index contributed by atoms with van der Waals surface area (Å²) in [4.78, 5) is 8.42. The average Bonchev–Trinajstić information content (AvgIpc) is 2.28. The SMILES string of the molecule is COc1nc(CN)nc2c(Cl)cccc12. The molecule has 1 aromatic carbocycles. The van der Waals surface area contributed by atoms with Crippen LogP contribution in [0.25, 0.3) is 10.9 Å². The topological polar surface area (TPSA) is 61.0 Å². The lowest BCUT2D eigenvalue weighted by atomic mass is 10.2. The molecule has 4 nitrogen and oxygen atoms in total. The molecule has 2 aromatic rings. The summed E-state index contributed by atoms with van der Waals surface area (Å²) in [6.45, 7) is 0.261. The second-order valence-electron chi connectivity index (χ2n) is 2.99. The van der Waals surface area contributed by atoms with Crippen molar-refractivity contribution in [1.29, 1.82) is 0 Å². The third-order valence-corrected chi connectivity index (χ3v) is 2.37. The van der Waals surface area contributed by atoms with Crippen molar-refractivity contribution in [3.05, 3.63) is 29.0 Å². The zero-order valence-corrected chi connectivity index (χ0v) is 8.95. The summed E-state index contributed by atoms with van der Waals surface area (Å²) in [5.74, 6) is 1.02. The Morgan fingerprint density at radius 1 is 1.40 bits per heavy atom. The fourth-order valence-corrected chi connectivity index (χ4v) is 1.60. The average molecular weight is 224 g/mol. The largest absolute Gasteiger partial charge is 0.480 e. The van der Waals surface area contributed by atoms with E-state index in [1.54, 1.807) is 13.2 Å². The first-order valence-corrected chi connectivity index (χ1v) is 4.83. The molecule has 0 saturated carbocycles. The van der Waals surface area contributed by atoms with Gasteiger partial charge in [0.05, 0.1) is 29.6 Å². The van der Waals surface area contributed by atoms with E-state index < -0.39 is 0 Å². The number of para-hydroxylation sites is 1. The van der Waals surface area contributed by atoms with Crippen molar-refractivity contribution in [2.45, 2.75) is 6.54 Å². The van der Waals surface area contributed by atoms with Crippen molar-refractivity contribution in [3.63, 3.8) is 0 Å². The number of halogens is 1. The van der Waals surface area contributed by atoms with Crippen molar-refractivity contribution in [2.75, 3.05) is 7.11 Å². The summed E-state index contributed by atoms with van der Waals surface area (Å²) < 4.78 is 5.16. The number of hydrogen-bond acceptors (Lipinski definition) is 4. The first kappa shape index (κ1) is 10.1. The highest BCUT2D eigenvalue weighted by Gasteiger charge is 2.09. The molecule has 0 aliphatic carbocycles. The predicted octanol–water partition coefficient (Wildman–Crippen LogP) is 1.75. The van der Waals surface area contributed by atoms with Gasteiger partial charge in [-0.2, -0.15) is 4.98 Å². The maximum atomic E-state index is 6.03. The van der Waals surface area contributed by atoms with E-state index in [-0.39, 0.29) is 6.54 Å². The van der Waals surface area contributed by atoms with Gasteiger partial charge in [0.25, 0.3) is 0 Å². The Kier molecular flexibility index (Phi) is 2.70. The Hall–Kier alpha value is -1.39. The van der Waals surface area contributed by atoms with E-state index in [1.165, 1.54) is 0 Å². The molecule has 0 saturated heterocycles. The first-order valence-electron chi connectivity index (χ1n) is 4.45. The van der Waals surface area contributed by atoms with Gasteiger partial charge in [-0.25, -0.2) is 4.98 Å². The number of ether oxygens (including phenoxy) is 1. The maximum absolute atomic E-state index is 6.03. The Labute approximate surface area is 92.0 Å². The molecule has 0 aliphatic rings. The van der Waals surface area contributed by atoms with Crippen molar-refractivity contribution in [2.24, 2.45) is 5.73 Å². The van der Waals surface area contributed by atoms with Crippen LogP contribution in [0.3, 0.4) is 0 Å². The van der Waals surface area contributed by atoms with Crippen LogP contribution in [0.4, 0.5) is 0 Å². The highest BCUT2D eigenvalue weighted by atomic mass is 35.5. The van der Waals surface area contributed by atoms with Crippen molar-refractivity contribution < 1.29 is 4.74 Å². The standard InChI is InChI=1S/C10H10ClN3O/c1-15-10-6-3-2-4-7(11)9(6)13-8(5-12)14-10/h2-4H,5,12H2,1H3. The van der Waals surface area contributed by atoms with Crippen molar-refractivity contribution >= 4 is 22.5 Å². The van der Waals surface area contributed by atoms with Crippen LogP contribution in [-0.4, -0.2) is 17.1 Å². The van der Waals surface area contributed by atoms with Gasteiger partial charge in [-0.15, -0.1) is 0 Å². The molecule has 1 heterocycles. The Balaban J connectivity index is 2.80. The van der Waals surface area contributed by atoms with E-state index in [4.69, 9.17) is 22.1 Å². The van der Waals surface area contributed by atoms with Gasteiger partial charge in [-0.05, 0) is 12.1 Å². The fourth-order valence-electron chi connectivity index (χ4n) is 1.38. The molecule has 0 spiro atoms. The lowest BCUT2D eigenvalue weighted by Crippen LogP contribution is -2.05. The molecular formula is C10H10ClN3O. The summed E-state index contributed by atoms with van der Waals surface area (Å²) in [7, 11) is 1.56. The monoisotopic (exact) mass is 223 g/mol. The lowest BCUT2D eigenvalue weighted by Gasteiger charge is -2.06. The van der Waals surface area contributed by atoms with Crippen molar-refractivity contribution in [3.8, 4) is 5.88 Å². The van der Waals surface area contributed by atoms with Gasteiger partial charge in [-0.1, -0.05) is 17.7 Å². The highest BCUT2D eigenvalue weighted by molar-refractivity contribution is 6.35. The zero-order valence-electron chi connectivity index (χ0n) is 8.20. The smallest absolute Gasteiger partial charge is 0.224 e. The minimum Gasteiger partial charge on any atom is -0.480 e. The van der Waals surface area contributed by atoms with Crippen LogP contribution >= 0.6 is 11.6 Å². The molecule has 0 radical (unpaired) electrons. The molecule has 5 heteroatoms. The molecule has 0 fully saturated rings. The van der Waals surface area contributed by atoms with Crippen LogP contribution < -0.4 is 10.5 Å². The zero-order chi connectivity index (χ0) is 10.8. The number of nitrogens with two attached hydrogens (primary N) is 1. The molecule has 1 aromatic heterocycles. The van der Waals surface area contributed by atoms with Gasteiger partial charge >= 0.3 is 0 Å². The second-order valence-corrected chi connectivity index (χ2v) is 3.40. The molecule has 2 rings (SSSR count). The van der Waals surface area contributed by atoms with Gasteiger partial charge in [-0.3, -0.25) is 0 Å². The maximum Gasteiger partial charge on any atom is 0.224 e. The van der Waals surface area contributed by atoms with Crippen LogP contribution in [0.15, 0.2) is 18.2 Å². The van der Waals surface area contributed by atoms with E-state index in [0.717, 1.165) is 5.39 Å². The van der Waals surface area contributed by atoms with Crippen LogP contribution in [0.5, 0.6) is 5.88 Å². The second kappa shape index (κ2) is 4.00. The molecule has 15 heavy (non-hydrogen) atoms. The summed E-state index contributed by atoms with van der Waals surface area (Å²) in [5, 5.41) is 1.37. The normalized spacial score (nSPS) is 10.6. The van der Waals surface area contributed by atoms with E-state index >= 15 is 0 Å². The number of fused-ring (bicyclic) bond motifs is 1. The Morgan fingerprint density at radius 2 is 2.20 bits per heavy atom. The summed E-state index contributed by atoms with van der Waals surface area (Å²) in [5.41, 5.74) is 6.16. The van der Waals surface area contributed by atoms with E-state index in [1.807, 2.05) is 12.1 Å². The third-order valence-electron chi connectivity index (χ3n) is 2.06. The van der Waals surface area contributed by atoms with Crippen LogP contribution in [0, 0.1) is 0 Å². The molecule has 78 valence electrons. The van der Waals surface area contributed by atoms with Gasteiger partial charge in [0.1, 0.15) is 5.82 Å². The van der Waals surface area contributed by atoms with Crippen LogP contribution in [-0.2, 0) is 6.54 Å². The molecule has 0 aliphatic heterocycles. The van der Waals surface area contributed by atoms with Crippen LogP contribution in [0.1, 0.15) is 5.82 Å². The number of nitrogens with zero attached hydrogens (tertiary/aromatic N) is 2. The molecule has 0 unspecified atom stereocenters. The van der Waals surface area contributed by atoms with Gasteiger partial charge < -0.3 is 10.5 Å². The number of rotatable bonds is 2. The lowest BCUT2D eigenvalue weighted by molar-refractivity contribution is 0.401. The van der Waals surface area contributed by atoms with Crippen LogP contribution in [0.2, 0.25) is 5.02 Å². The molecule has 0 amide bonds. The summed E-state index contributed by atoms with van der Waals surface area (Å²) in [6.07, 6.45) is 0. The number of aromatic nitrogens is 2. The van der Waals surface area contributed by atoms with Gasteiger partial charge in [0, 0.05) is 0 Å². The van der Waals surface area contributed by atoms with E-state index in [2.05, 4.69) is 9.97 Å². The highest BCUT2D eigenvalue weighted by Crippen LogP contribution is 2.27. The Bertz CT molecular complexity index is 501. The number of hydrogen-bond donors (Lipinski definition) is 1. The van der Waals surface area contributed by atoms with Gasteiger partial charge in [0.2, 0.25) is 5.88 Å². The minimum atomic E-state index is 0.261. The summed E-state index contributed by atoms with van der Waals surface area (Å²) >= 11 is 6.03. The summed E-state index contributed by atoms with van der Waals surface area (Å²) in [6, 6.07) is 5.47. The number of benzene rings is 1. The minimum absolute atomic E-state index is 0.261. The quantitative estimate of drug-likeness (QED) is 0.843. The molecule has 2 N–H and O–H groups in total. The fraction of sp³-hybridized carbons (Fsp3) is 0.200. The van der Waals surface area contributed by atoms with Crippen molar-refractivity contribution in [1.82, 2.24) is 9.97 Å². The third kappa shape index (κ3) is 1.73. The van der Waals surface area contributed by atoms with E-state index in [9.17, 15) is 0 Å². The molecular weight excluding hydrogens is 214 g/mol. The van der Waals surface area contributed by atoms with Gasteiger partial charge in [0.15, 0.2) is 0 Å². The predicted molar refractivity (Wildman–Crippen MR) is 59.0 cm³/mol. The molecule has 0 atom stereocenters. The first-order chi connectivity index (χ1) is 7.26. The number of methoxy groups -OCH3 is 1. The Morgan fingerprint density at radius 3 is 2.87 bits per heavy atom.